The SMILES string of the molecule is CS(=O)(=O)N[C@H](Cc1ccccc1)C(=O)N1CCC[C@H]1C(=O)NCC1CCN(C(=N)NC#N)CC1. The number of piperidine rings is 1. The quantitative estimate of drug-likeness (QED) is 0.168. The van der Waals surface area contributed by atoms with Crippen LogP contribution in [-0.2, 0) is 26.0 Å². The second kappa shape index (κ2) is 12.0. The van der Waals surface area contributed by atoms with E-state index in [1.807, 2.05) is 30.3 Å². The number of amides is 2. The molecular formula is C23H33N7O4S. The molecule has 2 atom stereocenters. The molecule has 35 heavy (non-hydrogen) atoms. The lowest BCUT2D eigenvalue weighted by atomic mass is 9.97. The van der Waals surface area contributed by atoms with Gasteiger partial charge in [-0.15, -0.1) is 0 Å². The highest BCUT2D eigenvalue weighted by atomic mass is 32.2. The molecule has 2 amide bonds. The van der Waals surface area contributed by atoms with Gasteiger partial charge in [0, 0.05) is 26.2 Å². The number of nitrogens with zero attached hydrogens (tertiary/aromatic N) is 3. The van der Waals surface area contributed by atoms with Gasteiger partial charge >= 0.3 is 0 Å². The molecule has 0 aliphatic carbocycles. The molecule has 1 aromatic rings. The van der Waals surface area contributed by atoms with Crippen molar-refractivity contribution in [3.05, 3.63) is 35.9 Å². The van der Waals surface area contributed by atoms with E-state index in [0.29, 0.717) is 39.0 Å². The third-order valence-corrected chi connectivity index (χ3v) is 7.16. The Morgan fingerprint density at radius 2 is 1.86 bits per heavy atom. The van der Waals surface area contributed by atoms with Gasteiger partial charge in [0.1, 0.15) is 12.1 Å². The Kier molecular flexibility index (Phi) is 9.06. The summed E-state index contributed by atoms with van der Waals surface area (Å²) in [6.45, 7) is 2.13. The molecule has 1 aromatic carbocycles. The molecule has 0 spiro atoms. The van der Waals surface area contributed by atoms with Crippen molar-refractivity contribution in [2.24, 2.45) is 5.92 Å². The van der Waals surface area contributed by atoms with Gasteiger partial charge in [-0.1, -0.05) is 30.3 Å². The standard InChI is InChI=1S/C23H33N7O4S/c1-35(33,34)28-19(14-17-6-3-2-4-7-17)22(32)30-11-5-8-20(30)21(31)26-15-18-9-12-29(13-10-18)23(25)27-16-24/h2-4,6-7,18-20,28H,5,8-15H2,1H3,(H2,25,27)(H,26,31)/t19-,20+/m1/s1. The Morgan fingerprint density at radius 1 is 1.17 bits per heavy atom. The second-order valence-electron chi connectivity index (χ2n) is 9.08. The van der Waals surface area contributed by atoms with Gasteiger partial charge in [-0.2, -0.15) is 5.26 Å². The summed E-state index contributed by atoms with van der Waals surface area (Å²) >= 11 is 0. The van der Waals surface area contributed by atoms with Gasteiger partial charge in [0.15, 0.2) is 6.19 Å². The van der Waals surface area contributed by atoms with Crippen LogP contribution in [0.3, 0.4) is 0 Å². The number of nitriles is 1. The van der Waals surface area contributed by atoms with Crippen molar-refractivity contribution in [1.29, 1.82) is 10.7 Å². The number of hydrogen-bond donors (Lipinski definition) is 4. The number of carbonyl (C=O) groups excluding carboxylic acids is 2. The fourth-order valence-electron chi connectivity index (χ4n) is 4.65. The number of hydrogen-bond acceptors (Lipinski definition) is 6. The largest absolute Gasteiger partial charge is 0.354 e. The van der Waals surface area contributed by atoms with Crippen LogP contribution in [0.2, 0.25) is 0 Å². The Morgan fingerprint density at radius 3 is 2.49 bits per heavy atom. The molecule has 0 unspecified atom stereocenters. The average molecular weight is 504 g/mol. The van der Waals surface area contributed by atoms with E-state index in [1.165, 1.54) is 4.90 Å². The zero-order valence-electron chi connectivity index (χ0n) is 19.9. The Hall–Kier alpha value is -3.17. The number of sulfonamides is 1. The van der Waals surface area contributed by atoms with Crippen LogP contribution < -0.4 is 15.4 Å². The smallest absolute Gasteiger partial charge is 0.242 e. The normalized spacial score (nSPS) is 19.6. The van der Waals surface area contributed by atoms with Gasteiger partial charge in [-0.25, -0.2) is 13.1 Å². The number of benzene rings is 1. The fraction of sp³-hybridized carbons (Fsp3) is 0.565. The first kappa shape index (κ1) is 26.4. The summed E-state index contributed by atoms with van der Waals surface area (Å²) in [5, 5.41) is 21.8. The number of guanidine groups is 1. The first-order chi connectivity index (χ1) is 16.7. The summed E-state index contributed by atoms with van der Waals surface area (Å²) in [7, 11) is -3.63. The molecule has 2 aliphatic heterocycles. The maximum Gasteiger partial charge on any atom is 0.242 e. The number of likely N-dealkylation sites (tertiary alicyclic amines) is 2. The lowest BCUT2D eigenvalue weighted by Gasteiger charge is -2.33. The van der Waals surface area contributed by atoms with E-state index in [9.17, 15) is 18.0 Å². The van der Waals surface area contributed by atoms with Crippen LogP contribution in [0.1, 0.15) is 31.2 Å². The second-order valence-corrected chi connectivity index (χ2v) is 10.9. The molecule has 0 saturated carbocycles. The highest BCUT2D eigenvalue weighted by Crippen LogP contribution is 2.21. The molecule has 3 rings (SSSR count). The molecule has 2 saturated heterocycles. The average Bonchev–Trinajstić information content (AvgIpc) is 3.32. The number of rotatable bonds is 8. The van der Waals surface area contributed by atoms with Gasteiger partial charge in [0.2, 0.25) is 27.8 Å². The first-order valence-electron chi connectivity index (χ1n) is 11.8. The van der Waals surface area contributed by atoms with Crippen LogP contribution in [0.4, 0.5) is 0 Å². The van der Waals surface area contributed by atoms with Crippen LogP contribution in [-0.4, -0.2) is 80.5 Å². The zero-order chi connectivity index (χ0) is 25.4. The van der Waals surface area contributed by atoms with E-state index >= 15 is 0 Å². The predicted molar refractivity (Wildman–Crippen MR) is 130 cm³/mol. The number of carbonyl (C=O) groups is 2. The lowest BCUT2D eigenvalue weighted by Crippen LogP contribution is -2.54. The Balaban J connectivity index is 1.57. The molecule has 4 N–H and O–H groups in total. The van der Waals surface area contributed by atoms with Crippen LogP contribution in [0.15, 0.2) is 30.3 Å². The van der Waals surface area contributed by atoms with Gasteiger partial charge in [-0.05, 0) is 43.6 Å². The summed E-state index contributed by atoms with van der Waals surface area (Å²) < 4.78 is 26.3. The summed E-state index contributed by atoms with van der Waals surface area (Å²) in [6.07, 6.45) is 5.74. The van der Waals surface area contributed by atoms with E-state index < -0.39 is 28.0 Å². The highest BCUT2D eigenvalue weighted by molar-refractivity contribution is 7.88. The zero-order valence-corrected chi connectivity index (χ0v) is 20.7. The molecule has 190 valence electrons. The minimum atomic E-state index is -3.63. The van der Waals surface area contributed by atoms with Gasteiger partial charge < -0.3 is 15.1 Å². The van der Waals surface area contributed by atoms with E-state index in [-0.39, 0.29) is 24.2 Å². The molecule has 0 radical (unpaired) electrons. The van der Waals surface area contributed by atoms with E-state index in [4.69, 9.17) is 10.7 Å². The summed E-state index contributed by atoms with van der Waals surface area (Å²) in [4.78, 5) is 29.6. The van der Waals surface area contributed by atoms with Crippen LogP contribution in [0.5, 0.6) is 0 Å². The summed E-state index contributed by atoms with van der Waals surface area (Å²) in [6, 6.07) is 7.57. The molecule has 2 fully saturated rings. The summed E-state index contributed by atoms with van der Waals surface area (Å²) in [5.41, 5.74) is 0.826. The van der Waals surface area contributed by atoms with Crippen molar-refractivity contribution in [3.8, 4) is 6.19 Å². The molecular weight excluding hydrogens is 470 g/mol. The molecule has 2 aliphatic rings. The van der Waals surface area contributed by atoms with Crippen LogP contribution in [0.25, 0.3) is 0 Å². The van der Waals surface area contributed by atoms with Crippen molar-refractivity contribution in [2.45, 2.75) is 44.2 Å². The fourth-order valence-corrected chi connectivity index (χ4v) is 5.35. The summed E-state index contributed by atoms with van der Waals surface area (Å²) in [5.74, 6) is -0.292. The molecule has 2 heterocycles. The topological polar surface area (TPSA) is 158 Å². The highest BCUT2D eigenvalue weighted by Gasteiger charge is 2.38. The molecule has 12 heteroatoms. The van der Waals surface area contributed by atoms with Crippen molar-refractivity contribution < 1.29 is 18.0 Å². The van der Waals surface area contributed by atoms with Gasteiger partial charge in [0.25, 0.3) is 0 Å². The minimum Gasteiger partial charge on any atom is -0.354 e. The lowest BCUT2D eigenvalue weighted by molar-refractivity contribution is -0.139. The van der Waals surface area contributed by atoms with E-state index in [1.54, 1.807) is 11.1 Å². The van der Waals surface area contributed by atoms with E-state index in [0.717, 1.165) is 24.7 Å². The van der Waals surface area contributed by atoms with Crippen molar-refractivity contribution in [2.75, 3.05) is 32.4 Å². The van der Waals surface area contributed by atoms with Crippen molar-refractivity contribution in [3.63, 3.8) is 0 Å². The Labute approximate surface area is 206 Å². The molecule has 0 aromatic heterocycles. The molecule has 0 bridgehead atoms. The van der Waals surface area contributed by atoms with Crippen molar-refractivity contribution in [1.82, 2.24) is 25.2 Å². The van der Waals surface area contributed by atoms with Crippen LogP contribution in [0, 0.1) is 22.8 Å². The maximum absolute atomic E-state index is 13.4. The van der Waals surface area contributed by atoms with E-state index in [2.05, 4.69) is 15.4 Å². The van der Waals surface area contributed by atoms with Gasteiger partial charge in [-0.3, -0.25) is 20.3 Å². The number of nitrogens with one attached hydrogen (secondary N) is 4. The minimum absolute atomic E-state index is 0.0860. The van der Waals surface area contributed by atoms with Gasteiger partial charge in [0.05, 0.1) is 6.26 Å². The van der Waals surface area contributed by atoms with Crippen molar-refractivity contribution >= 4 is 27.8 Å². The predicted octanol–water partition coefficient (Wildman–Crippen LogP) is -0.0284. The molecule has 11 nitrogen and oxygen atoms in total. The Bertz CT molecular complexity index is 1050. The monoisotopic (exact) mass is 503 g/mol. The third kappa shape index (κ3) is 7.66. The third-order valence-electron chi connectivity index (χ3n) is 6.45. The maximum atomic E-state index is 13.4. The van der Waals surface area contributed by atoms with Crippen LogP contribution >= 0.6 is 0 Å². The first-order valence-corrected chi connectivity index (χ1v) is 13.6.